The summed E-state index contributed by atoms with van der Waals surface area (Å²) in [5, 5.41) is 0. The van der Waals surface area contributed by atoms with Gasteiger partial charge in [-0.3, -0.25) is 4.79 Å². The van der Waals surface area contributed by atoms with Crippen molar-refractivity contribution in [1.29, 1.82) is 0 Å². The zero-order chi connectivity index (χ0) is 19.4. The summed E-state index contributed by atoms with van der Waals surface area (Å²) in [5.74, 6) is -0.536. The number of hydrogen-bond acceptors (Lipinski definition) is 3. The summed E-state index contributed by atoms with van der Waals surface area (Å²) in [7, 11) is -3.12. The van der Waals surface area contributed by atoms with Crippen LogP contribution in [0.3, 0.4) is 0 Å². The summed E-state index contributed by atoms with van der Waals surface area (Å²) in [6.45, 7) is 2.24. The summed E-state index contributed by atoms with van der Waals surface area (Å²) >= 11 is 0. The molecule has 6 heteroatoms. The molecule has 1 aliphatic rings. The molecule has 1 saturated heterocycles. The lowest BCUT2D eigenvalue weighted by Gasteiger charge is -2.27. The molecule has 2 aromatic rings. The molecule has 0 aromatic heterocycles. The average molecular weight is 387 g/mol. The van der Waals surface area contributed by atoms with Crippen LogP contribution in [0.2, 0.25) is 0 Å². The molecule has 0 spiro atoms. The van der Waals surface area contributed by atoms with Gasteiger partial charge in [0, 0.05) is 18.7 Å². The second-order valence-electron chi connectivity index (χ2n) is 6.89. The van der Waals surface area contributed by atoms with E-state index in [0.717, 1.165) is 16.7 Å². The smallest absolute Gasteiger partial charge is 0.247 e. The topological polar surface area (TPSA) is 54.5 Å². The molecule has 1 atom stereocenters. The van der Waals surface area contributed by atoms with E-state index in [-0.39, 0.29) is 35.8 Å². The minimum Gasteiger partial charge on any atom is -0.331 e. The van der Waals surface area contributed by atoms with E-state index in [1.54, 1.807) is 23.1 Å². The van der Waals surface area contributed by atoms with Gasteiger partial charge in [0.2, 0.25) is 5.91 Å². The van der Waals surface area contributed by atoms with Gasteiger partial charge >= 0.3 is 0 Å². The van der Waals surface area contributed by atoms with Crippen molar-refractivity contribution in [1.82, 2.24) is 4.90 Å². The Morgan fingerprint density at radius 1 is 1.15 bits per heavy atom. The van der Waals surface area contributed by atoms with Gasteiger partial charge in [-0.2, -0.15) is 0 Å². The van der Waals surface area contributed by atoms with Crippen LogP contribution in [0.4, 0.5) is 4.39 Å². The third kappa shape index (κ3) is 5.26. The predicted octanol–water partition coefficient (Wildman–Crippen LogP) is 3.36. The summed E-state index contributed by atoms with van der Waals surface area (Å²) in [5.41, 5.74) is 2.79. The van der Waals surface area contributed by atoms with Crippen molar-refractivity contribution in [3.05, 3.63) is 77.1 Å². The largest absolute Gasteiger partial charge is 0.331 e. The lowest BCUT2D eigenvalue weighted by molar-refractivity contribution is -0.128. The Morgan fingerprint density at radius 2 is 1.81 bits per heavy atom. The molecule has 142 valence electrons. The Balaban J connectivity index is 1.80. The summed E-state index contributed by atoms with van der Waals surface area (Å²) < 4.78 is 36.9. The van der Waals surface area contributed by atoms with E-state index in [0.29, 0.717) is 6.42 Å². The summed E-state index contributed by atoms with van der Waals surface area (Å²) in [4.78, 5) is 14.4. The highest BCUT2D eigenvalue weighted by Gasteiger charge is 2.34. The van der Waals surface area contributed by atoms with Crippen molar-refractivity contribution in [3.8, 4) is 0 Å². The molecule has 0 aliphatic carbocycles. The van der Waals surface area contributed by atoms with Gasteiger partial charge in [-0.25, -0.2) is 12.8 Å². The van der Waals surface area contributed by atoms with Crippen molar-refractivity contribution in [2.45, 2.75) is 25.9 Å². The molecule has 0 radical (unpaired) electrons. The van der Waals surface area contributed by atoms with Gasteiger partial charge in [0.05, 0.1) is 11.5 Å². The van der Waals surface area contributed by atoms with Crippen molar-refractivity contribution >= 4 is 21.8 Å². The molecule has 3 rings (SSSR count). The molecule has 1 heterocycles. The number of amides is 1. The fourth-order valence-corrected chi connectivity index (χ4v) is 4.87. The monoisotopic (exact) mass is 387 g/mol. The normalized spacial score (nSPS) is 18.7. The molecule has 0 N–H and O–H groups in total. The Hall–Kier alpha value is -2.47. The quantitative estimate of drug-likeness (QED) is 0.739. The summed E-state index contributed by atoms with van der Waals surface area (Å²) in [6.07, 6.45) is 3.62. The second kappa shape index (κ2) is 8.05. The van der Waals surface area contributed by atoms with Crippen molar-refractivity contribution < 1.29 is 17.6 Å². The van der Waals surface area contributed by atoms with Crippen LogP contribution in [-0.2, 0) is 21.2 Å². The van der Waals surface area contributed by atoms with Crippen LogP contribution in [0.25, 0.3) is 6.08 Å². The van der Waals surface area contributed by atoms with Crippen LogP contribution < -0.4 is 0 Å². The molecule has 2 aromatic carbocycles. The molecule has 27 heavy (non-hydrogen) atoms. The number of sulfone groups is 1. The van der Waals surface area contributed by atoms with Crippen LogP contribution in [0, 0.1) is 12.7 Å². The zero-order valence-electron chi connectivity index (χ0n) is 15.1. The van der Waals surface area contributed by atoms with Crippen LogP contribution in [0.15, 0.2) is 54.6 Å². The Labute approximate surface area is 159 Å². The number of nitrogens with zero attached hydrogens (tertiary/aromatic N) is 1. The first kappa shape index (κ1) is 19.3. The third-order valence-corrected chi connectivity index (χ3v) is 6.44. The molecular weight excluding hydrogens is 365 g/mol. The SMILES string of the molecule is Cc1ccc(/C=C/C(=O)N(Cc2ccc(F)cc2)C2CCS(=O)(=O)C2)cc1. The van der Waals surface area contributed by atoms with Crippen molar-refractivity contribution in [3.63, 3.8) is 0 Å². The van der Waals surface area contributed by atoms with Gasteiger partial charge in [0.25, 0.3) is 0 Å². The number of carbonyl (C=O) groups is 1. The lowest BCUT2D eigenvalue weighted by Crippen LogP contribution is -2.39. The zero-order valence-corrected chi connectivity index (χ0v) is 16.0. The van der Waals surface area contributed by atoms with Crippen LogP contribution >= 0.6 is 0 Å². The number of halogens is 1. The minimum absolute atomic E-state index is 0.0295. The average Bonchev–Trinajstić information content (AvgIpc) is 3.00. The Kier molecular flexibility index (Phi) is 5.75. The fraction of sp³-hybridized carbons (Fsp3) is 0.286. The minimum atomic E-state index is -3.12. The first-order valence-electron chi connectivity index (χ1n) is 8.83. The van der Waals surface area contributed by atoms with Gasteiger partial charge in [0.15, 0.2) is 9.84 Å². The molecular formula is C21H22FNO3S. The number of aryl methyl sites for hydroxylation is 1. The van der Waals surface area contributed by atoms with E-state index in [9.17, 15) is 17.6 Å². The number of rotatable bonds is 5. The molecule has 1 amide bonds. The molecule has 0 bridgehead atoms. The van der Waals surface area contributed by atoms with E-state index in [1.807, 2.05) is 31.2 Å². The maximum absolute atomic E-state index is 13.2. The van der Waals surface area contributed by atoms with E-state index >= 15 is 0 Å². The Morgan fingerprint density at radius 3 is 2.41 bits per heavy atom. The van der Waals surface area contributed by atoms with Crippen LogP contribution in [0.1, 0.15) is 23.1 Å². The molecule has 1 fully saturated rings. The first-order chi connectivity index (χ1) is 12.8. The van der Waals surface area contributed by atoms with E-state index < -0.39 is 9.84 Å². The highest BCUT2D eigenvalue weighted by molar-refractivity contribution is 7.91. The van der Waals surface area contributed by atoms with Crippen LogP contribution in [0.5, 0.6) is 0 Å². The van der Waals surface area contributed by atoms with Gasteiger partial charge < -0.3 is 4.90 Å². The highest BCUT2D eigenvalue weighted by atomic mass is 32.2. The second-order valence-corrected chi connectivity index (χ2v) is 9.12. The maximum Gasteiger partial charge on any atom is 0.247 e. The molecule has 1 aliphatic heterocycles. The highest BCUT2D eigenvalue weighted by Crippen LogP contribution is 2.21. The van der Waals surface area contributed by atoms with E-state index in [1.165, 1.54) is 18.2 Å². The van der Waals surface area contributed by atoms with E-state index in [2.05, 4.69) is 0 Å². The van der Waals surface area contributed by atoms with Gasteiger partial charge in [-0.05, 0) is 42.7 Å². The van der Waals surface area contributed by atoms with E-state index in [4.69, 9.17) is 0 Å². The number of carbonyl (C=O) groups excluding carboxylic acids is 1. The number of hydrogen-bond donors (Lipinski definition) is 0. The standard InChI is InChI=1S/C21H22FNO3S/c1-16-2-4-17(5-3-16)8-11-21(24)23(20-12-13-27(25,26)15-20)14-18-6-9-19(22)10-7-18/h2-11,20H,12-15H2,1H3/b11-8+. The lowest BCUT2D eigenvalue weighted by atomic mass is 10.1. The van der Waals surface area contributed by atoms with Gasteiger partial charge in [-0.15, -0.1) is 0 Å². The van der Waals surface area contributed by atoms with Crippen molar-refractivity contribution in [2.75, 3.05) is 11.5 Å². The Bertz CT molecular complexity index is 934. The third-order valence-electron chi connectivity index (χ3n) is 4.69. The number of benzene rings is 2. The molecule has 0 saturated carbocycles. The van der Waals surface area contributed by atoms with Crippen LogP contribution in [-0.4, -0.2) is 36.8 Å². The molecule has 4 nitrogen and oxygen atoms in total. The summed E-state index contributed by atoms with van der Waals surface area (Å²) in [6, 6.07) is 13.3. The van der Waals surface area contributed by atoms with Crippen molar-refractivity contribution in [2.24, 2.45) is 0 Å². The van der Waals surface area contributed by atoms with Gasteiger partial charge in [-0.1, -0.05) is 42.0 Å². The first-order valence-corrected chi connectivity index (χ1v) is 10.6. The molecule has 1 unspecified atom stereocenters. The fourth-order valence-electron chi connectivity index (χ4n) is 3.14. The maximum atomic E-state index is 13.2. The predicted molar refractivity (Wildman–Crippen MR) is 104 cm³/mol. The van der Waals surface area contributed by atoms with Gasteiger partial charge in [0.1, 0.15) is 5.82 Å².